The minimum absolute atomic E-state index is 0.0696. The van der Waals surface area contributed by atoms with Crippen molar-refractivity contribution in [2.75, 3.05) is 19.7 Å². The van der Waals surface area contributed by atoms with Crippen LogP contribution < -0.4 is 5.32 Å². The quantitative estimate of drug-likeness (QED) is 0.812. The van der Waals surface area contributed by atoms with E-state index < -0.39 is 5.60 Å². The third kappa shape index (κ3) is 3.13. The zero-order valence-electron chi connectivity index (χ0n) is 11.8. The first-order valence-electron chi connectivity index (χ1n) is 6.38. The van der Waals surface area contributed by atoms with Gasteiger partial charge >= 0.3 is 0 Å². The summed E-state index contributed by atoms with van der Waals surface area (Å²) < 4.78 is 10.4. The van der Waals surface area contributed by atoms with E-state index in [9.17, 15) is 9.59 Å². The minimum atomic E-state index is -1.06. The van der Waals surface area contributed by atoms with Crippen molar-refractivity contribution in [2.45, 2.75) is 32.9 Å². The van der Waals surface area contributed by atoms with Gasteiger partial charge in [-0.05, 0) is 13.8 Å². The predicted molar refractivity (Wildman–Crippen MR) is 67.5 cm³/mol. The minimum Gasteiger partial charge on any atom is -0.362 e. The van der Waals surface area contributed by atoms with Gasteiger partial charge in [0.25, 0.3) is 5.91 Å². The van der Waals surface area contributed by atoms with Crippen LogP contribution in [0.5, 0.6) is 0 Å². The Kier molecular flexibility index (Phi) is 4.03. The molecule has 2 heterocycles. The van der Waals surface area contributed by atoms with Crippen molar-refractivity contribution in [1.29, 1.82) is 0 Å². The second kappa shape index (κ2) is 5.58. The molecule has 0 aromatic carbocycles. The Hall–Kier alpha value is -1.96. The fraction of sp³-hybridized carbons (Fsp3) is 0.667. The van der Waals surface area contributed by atoms with Gasteiger partial charge < -0.3 is 19.5 Å². The molecule has 0 spiro atoms. The third-order valence-electron chi connectivity index (χ3n) is 3.17. The lowest BCUT2D eigenvalue weighted by atomic mass is 10.0. The summed E-state index contributed by atoms with van der Waals surface area (Å²) in [5.41, 5.74) is -1.06. The van der Waals surface area contributed by atoms with E-state index in [2.05, 4.69) is 15.5 Å². The average molecular weight is 282 g/mol. The number of carbonyl (C=O) groups excluding carboxylic acids is 2. The lowest BCUT2D eigenvalue weighted by Gasteiger charge is -2.38. The van der Waals surface area contributed by atoms with E-state index in [0.29, 0.717) is 24.9 Å². The van der Waals surface area contributed by atoms with E-state index in [4.69, 9.17) is 9.26 Å². The smallest absolute Gasteiger partial charge is 0.254 e. The Balaban J connectivity index is 1.94. The highest BCUT2D eigenvalue weighted by molar-refractivity contribution is 5.86. The number of morpholine rings is 1. The number of aromatic nitrogens is 2. The normalized spacial score (nSPS) is 22.6. The van der Waals surface area contributed by atoms with Gasteiger partial charge in [-0.3, -0.25) is 9.59 Å². The summed E-state index contributed by atoms with van der Waals surface area (Å²) in [7, 11) is 0. The summed E-state index contributed by atoms with van der Waals surface area (Å²) in [6.45, 7) is 6.05. The number of nitrogens with one attached hydrogen (secondary N) is 1. The SMILES string of the molecule is CC(=O)N1CCO[C@](C)(C(=O)NCc2nc(C)no2)C1. The topological polar surface area (TPSA) is 97.6 Å². The molecule has 1 aromatic heterocycles. The van der Waals surface area contributed by atoms with Crippen molar-refractivity contribution < 1.29 is 18.8 Å². The van der Waals surface area contributed by atoms with Gasteiger partial charge in [0.15, 0.2) is 11.4 Å². The highest BCUT2D eigenvalue weighted by Gasteiger charge is 2.40. The summed E-state index contributed by atoms with van der Waals surface area (Å²) in [5, 5.41) is 6.32. The van der Waals surface area contributed by atoms with E-state index in [1.807, 2.05) is 0 Å². The summed E-state index contributed by atoms with van der Waals surface area (Å²) in [6, 6.07) is 0. The van der Waals surface area contributed by atoms with Crippen LogP contribution in [0.15, 0.2) is 4.52 Å². The predicted octanol–water partition coefficient (Wildman–Crippen LogP) is -0.368. The van der Waals surface area contributed by atoms with Crippen LogP contribution in [0.2, 0.25) is 0 Å². The van der Waals surface area contributed by atoms with Crippen molar-refractivity contribution in [3.63, 3.8) is 0 Å². The molecule has 1 saturated heterocycles. The molecule has 1 fully saturated rings. The van der Waals surface area contributed by atoms with Gasteiger partial charge in [-0.1, -0.05) is 5.16 Å². The molecule has 8 heteroatoms. The molecule has 0 bridgehead atoms. The zero-order valence-corrected chi connectivity index (χ0v) is 11.8. The maximum atomic E-state index is 12.2. The maximum Gasteiger partial charge on any atom is 0.254 e. The van der Waals surface area contributed by atoms with Crippen LogP contribution in [0.1, 0.15) is 25.6 Å². The van der Waals surface area contributed by atoms with Crippen molar-refractivity contribution >= 4 is 11.8 Å². The highest BCUT2D eigenvalue weighted by Crippen LogP contribution is 2.18. The third-order valence-corrected chi connectivity index (χ3v) is 3.17. The van der Waals surface area contributed by atoms with Gasteiger partial charge in [-0.2, -0.15) is 4.98 Å². The Morgan fingerprint density at radius 3 is 2.85 bits per heavy atom. The number of hydrogen-bond donors (Lipinski definition) is 1. The number of ether oxygens (including phenoxy) is 1. The van der Waals surface area contributed by atoms with E-state index in [1.54, 1.807) is 18.7 Å². The zero-order chi connectivity index (χ0) is 14.8. The van der Waals surface area contributed by atoms with Gasteiger partial charge in [0, 0.05) is 13.5 Å². The molecule has 0 aliphatic carbocycles. The van der Waals surface area contributed by atoms with E-state index in [0.717, 1.165) is 0 Å². The van der Waals surface area contributed by atoms with Crippen molar-refractivity contribution in [3.8, 4) is 0 Å². The van der Waals surface area contributed by atoms with Crippen LogP contribution in [0.3, 0.4) is 0 Å². The lowest BCUT2D eigenvalue weighted by molar-refractivity contribution is -0.162. The van der Waals surface area contributed by atoms with Gasteiger partial charge in [-0.25, -0.2) is 0 Å². The van der Waals surface area contributed by atoms with Gasteiger partial charge in [0.1, 0.15) is 0 Å². The molecular formula is C12H18N4O4. The van der Waals surface area contributed by atoms with Crippen molar-refractivity contribution in [2.24, 2.45) is 0 Å². The number of hydrogen-bond acceptors (Lipinski definition) is 6. The maximum absolute atomic E-state index is 12.2. The molecule has 1 aliphatic rings. The highest BCUT2D eigenvalue weighted by atomic mass is 16.5. The molecule has 1 atom stereocenters. The molecule has 1 aromatic rings. The van der Waals surface area contributed by atoms with E-state index >= 15 is 0 Å². The molecule has 0 radical (unpaired) electrons. The van der Waals surface area contributed by atoms with Crippen LogP contribution >= 0.6 is 0 Å². The Morgan fingerprint density at radius 2 is 2.25 bits per heavy atom. The van der Waals surface area contributed by atoms with Gasteiger partial charge in [-0.15, -0.1) is 0 Å². The first-order valence-corrected chi connectivity index (χ1v) is 6.38. The second-order valence-electron chi connectivity index (χ2n) is 4.94. The molecular weight excluding hydrogens is 264 g/mol. The number of carbonyl (C=O) groups is 2. The summed E-state index contributed by atoms with van der Waals surface area (Å²) in [4.78, 5) is 29.2. The molecule has 20 heavy (non-hydrogen) atoms. The van der Waals surface area contributed by atoms with Crippen LogP contribution in [0, 0.1) is 6.92 Å². The molecule has 2 amide bonds. The molecule has 1 N–H and O–H groups in total. The van der Waals surface area contributed by atoms with Crippen LogP contribution in [-0.2, 0) is 20.9 Å². The van der Waals surface area contributed by atoms with Crippen molar-refractivity contribution in [1.82, 2.24) is 20.4 Å². The second-order valence-corrected chi connectivity index (χ2v) is 4.94. The fourth-order valence-electron chi connectivity index (χ4n) is 2.03. The molecule has 2 rings (SSSR count). The first-order chi connectivity index (χ1) is 9.40. The summed E-state index contributed by atoms with van der Waals surface area (Å²) >= 11 is 0. The molecule has 0 saturated carbocycles. The first kappa shape index (κ1) is 14.4. The largest absolute Gasteiger partial charge is 0.362 e. The number of amides is 2. The standard InChI is InChI=1S/C12H18N4O4/c1-8-14-10(20-15-8)6-13-11(18)12(3)7-16(9(2)17)4-5-19-12/h4-7H2,1-3H3,(H,13,18)/t12-/m0/s1. The molecule has 1 aliphatic heterocycles. The number of aryl methyl sites for hydroxylation is 1. The van der Waals surface area contributed by atoms with Crippen LogP contribution in [0.4, 0.5) is 0 Å². The molecule has 0 unspecified atom stereocenters. The van der Waals surface area contributed by atoms with Crippen LogP contribution in [0.25, 0.3) is 0 Å². The number of nitrogens with zero attached hydrogens (tertiary/aromatic N) is 3. The Morgan fingerprint density at radius 1 is 1.50 bits per heavy atom. The van der Waals surface area contributed by atoms with Crippen LogP contribution in [-0.4, -0.2) is 52.2 Å². The lowest BCUT2D eigenvalue weighted by Crippen LogP contribution is -2.58. The Labute approximate surface area is 116 Å². The van der Waals surface area contributed by atoms with Crippen molar-refractivity contribution in [3.05, 3.63) is 11.7 Å². The molecule has 8 nitrogen and oxygen atoms in total. The fourth-order valence-corrected chi connectivity index (χ4v) is 2.03. The Bertz CT molecular complexity index is 515. The summed E-state index contributed by atoms with van der Waals surface area (Å²) in [5.74, 6) is 0.468. The van der Waals surface area contributed by atoms with E-state index in [-0.39, 0.29) is 24.9 Å². The van der Waals surface area contributed by atoms with Gasteiger partial charge in [0.05, 0.1) is 19.7 Å². The average Bonchev–Trinajstić information content (AvgIpc) is 2.81. The number of rotatable bonds is 3. The monoisotopic (exact) mass is 282 g/mol. The summed E-state index contributed by atoms with van der Waals surface area (Å²) in [6.07, 6.45) is 0. The van der Waals surface area contributed by atoms with E-state index in [1.165, 1.54) is 6.92 Å². The van der Waals surface area contributed by atoms with Gasteiger partial charge in [0.2, 0.25) is 11.8 Å². The molecule has 110 valence electrons.